The van der Waals surface area contributed by atoms with Gasteiger partial charge in [0.25, 0.3) is 5.91 Å². The number of nitrogens with zero attached hydrogens (tertiary/aromatic N) is 2. The molecule has 2 aromatic rings. The first-order valence-electron chi connectivity index (χ1n) is 8.03. The monoisotopic (exact) mass is 366 g/mol. The van der Waals surface area contributed by atoms with Gasteiger partial charge in [0.1, 0.15) is 17.9 Å². The van der Waals surface area contributed by atoms with E-state index in [0.717, 1.165) is 4.90 Å². The standard InChI is InChI=1S/C19H15FN4O3/c1-19(13-5-7-14(20)8-6-13)17(26)24(18(27)23-19)11-16(25)22-15-4-2-3-12(9-15)10-21/h2-9H,11H2,1H3,(H,22,25)(H,23,27). The van der Waals surface area contributed by atoms with Gasteiger partial charge < -0.3 is 10.6 Å². The van der Waals surface area contributed by atoms with Crippen LogP contribution in [0.25, 0.3) is 0 Å². The number of halogens is 1. The Bertz CT molecular complexity index is 968. The second-order valence-corrected chi connectivity index (χ2v) is 6.19. The van der Waals surface area contributed by atoms with Gasteiger partial charge in [-0.15, -0.1) is 0 Å². The quantitative estimate of drug-likeness (QED) is 0.809. The van der Waals surface area contributed by atoms with E-state index in [4.69, 9.17) is 5.26 Å². The Morgan fingerprint density at radius 3 is 2.63 bits per heavy atom. The number of benzene rings is 2. The molecule has 27 heavy (non-hydrogen) atoms. The van der Waals surface area contributed by atoms with Crippen molar-refractivity contribution in [1.29, 1.82) is 5.26 Å². The third-order valence-electron chi connectivity index (χ3n) is 4.27. The molecule has 136 valence electrons. The number of nitriles is 1. The van der Waals surface area contributed by atoms with Gasteiger partial charge in [-0.1, -0.05) is 18.2 Å². The summed E-state index contributed by atoms with van der Waals surface area (Å²) in [7, 11) is 0. The number of rotatable bonds is 4. The lowest BCUT2D eigenvalue weighted by atomic mass is 9.92. The number of imide groups is 1. The average Bonchev–Trinajstić information content (AvgIpc) is 2.86. The highest BCUT2D eigenvalue weighted by Crippen LogP contribution is 2.28. The minimum absolute atomic E-state index is 0.367. The van der Waals surface area contributed by atoms with Gasteiger partial charge in [-0.25, -0.2) is 9.18 Å². The maximum Gasteiger partial charge on any atom is 0.325 e. The van der Waals surface area contributed by atoms with Crippen LogP contribution < -0.4 is 10.6 Å². The van der Waals surface area contributed by atoms with Crippen LogP contribution in [0, 0.1) is 17.1 Å². The van der Waals surface area contributed by atoms with E-state index in [1.807, 2.05) is 6.07 Å². The van der Waals surface area contributed by atoms with Crippen molar-refractivity contribution in [2.45, 2.75) is 12.5 Å². The van der Waals surface area contributed by atoms with Gasteiger partial charge in [-0.3, -0.25) is 14.5 Å². The van der Waals surface area contributed by atoms with Crippen molar-refractivity contribution < 1.29 is 18.8 Å². The van der Waals surface area contributed by atoms with E-state index >= 15 is 0 Å². The molecule has 0 bridgehead atoms. The molecule has 0 spiro atoms. The third-order valence-corrected chi connectivity index (χ3v) is 4.27. The molecule has 1 atom stereocenters. The summed E-state index contributed by atoms with van der Waals surface area (Å²) in [6.07, 6.45) is 0. The first kappa shape index (κ1) is 18.1. The van der Waals surface area contributed by atoms with Crippen molar-refractivity contribution in [2.24, 2.45) is 0 Å². The van der Waals surface area contributed by atoms with E-state index in [9.17, 15) is 18.8 Å². The second kappa shape index (κ2) is 6.88. The molecular weight excluding hydrogens is 351 g/mol. The lowest BCUT2D eigenvalue weighted by molar-refractivity contribution is -0.133. The normalized spacial score (nSPS) is 18.8. The number of hydrogen-bond acceptors (Lipinski definition) is 4. The second-order valence-electron chi connectivity index (χ2n) is 6.19. The SMILES string of the molecule is CC1(c2ccc(F)cc2)NC(=O)N(CC(=O)Nc2cccc(C#N)c2)C1=O. The molecule has 7 nitrogen and oxygen atoms in total. The molecule has 1 aliphatic heterocycles. The highest BCUT2D eigenvalue weighted by atomic mass is 19.1. The molecule has 0 aromatic heterocycles. The predicted molar refractivity (Wildman–Crippen MR) is 93.8 cm³/mol. The Morgan fingerprint density at radius 1 is 1.26 bits per heavy atom. The van der Waals surface area contributed by atoms with Crippen LogP contribution in [-0.4, -0.2) is 29.3 Å². The van der Waals surface area contributed by atoms with Crippen molar-refractivity contribution >= 4 is 23.5 Å². The number of carbonyl (C=O) groups is 3. The lowest BCUT2D eigenvalue weighted by Gasteiger charge is -2.22. The minimum atomic E-state index is -1.38. The molecule has 1 saturated heterocycles. The molecule has 0 radical (unpaired) electrons. The van der Waals surface area contributed by atoms with Crippen molar-refractivity contribution in [2.75, 3.05) is 11.9 Å². The van der Waals surface area contributed by atoms with Crippen LogP contribution in [-0.2, 0) is 15.1 Å². The number of nitrogens with one attached hydrogen (secondary N) is 2. The third kappa shape index (κ3) is 3.48. The topological polar surface area (TPSA) is 102 Å². The summed E-state index contributed by atoms with van der Waals surface area (Å²) >= 11 is 0. The molecular formula is C19H15FN4O3. The number of hydrogen-bond donors (Lipinski definition) is 2. The number of urea groups is 1. The molecule has 1 aliphatic rings. The number of amides is 4. The van der Waals surface area contributed by atoms with Gasteiger partial charge in [0.2, 0.25) is 5.91 Å². The van der Waals surface area contributed by atoms with E-state index in [0.29, 0.717) is 16.8 Å². The molecule has 1 heterocycles. The Kier molecular flexibility index (Phi) is 4.60. The van der Waals surface area contributed by atoms with E-state index < -0.39 is 35.7 Å². The van der Waals surface area contributed by atoms with Crippen molar-refractivity contribution in [3.63, 3.8) is 0 Å². The largest absolute Gasteiger partial charge is 0.325 e. The van der Waals surface area contributed by atoms with Crippen LogP contribution >= 0.6 is 0 Å². The van der Waals surface area contributed by atoms with E-state index in [1.165, 1.54) is 37.3 Å². The summed E-state index contributed by atoms with van der Waals surface area (Å²) in [6, 6.07) is 12.7. The summed E-state index contributed by atoms with van der Waals surface area (Å²) in [6.45, 7) is 1.01. The van der Waals surface area contributed by atoms with Gasteiger partial charge in [0, 0.05) is 5.69 Å². The van der Waals surface area contributed by atoms with Crippen molar-refractivity contribution in [3.05, 3.63) is 65.5 Å². The van der Waals surface area contributed by atoms with Gasteiger partial charge in [-0.2, -0.15) is 5.26 Å². The Labute approximate surface area is 154 Å². The Hall–Kier alpha value is -3.73. The van der Waals surface area contributed by atoms with Gasteiger partial charge in [0.15, 0.2) is 0 Å². The van der Waals surface area contributed by atoms with Crippen molar-refractivity contribution in [1.82, 2.24) is 10.2 Å². The lowest BCUT2D eigenvalue weighted by Crippen LogP contribution is -2.42. The van der Waals surface area contributed by atoms with E-state index in [2.05, 4.69) is 10.6 Å². The average molecular weight is 366 g/mol. The summed E-state index contributed by atoms with van der Waals surface area (Å²) < 4.78 is 13.1. The fourth-order valence-corrected chi connectivity index (χ4v) is 2.83. The van der Waals surface area contributed by atoms with Gasteiger partial charge in [-0.05, 0) is 42.8 Å². The highest BCUT2D eigenvalue weighted by Gasteiger charge is 2.49. The highest BCUT2D eigenvalue weighted by molar-refractivity contribution is 6.10. The molecule has 1 fully saturated rings. The van der Waals surface area contributed by atoms with Crippen LogP contribution in [0.3, 0.4) is 0 Å². The van der Waals surface area contributed by atoms with E-state index in [-0.39, 0.29) is 0 Å². The first-order valence-corrected chi connectivity index (χ1v) is 8.03. The van der Waals surface area contributed by atoms with Crippen LogP contribution in [0.15, 0.2) is 48.5 Å². The zero-order chi connectivity index (χ0) is 19.6. The minimum Gasteiger partial charge on any atom is -0.324 e. The number of anilines is 1. The molecule has 3 rings (SSSR count). The van der Waals surface area contributed by atoms with Gasteiger partial charge >= 0.3 is 6.03 Å². The fraction of sp³-hybridized carbons (Fsp3) is 0.158. The summed E-state index contributed by atoms with van der Waals surface area (Å²) in [4.78, 5) is 38.0. The van der Waals surface area contributed by atoms with Crippen LogP contribution in [0.4, 0.5) is 14.9 Å². The summed E-state index contributed by atoms with van der Waals surface area (Å²) in [5, 5.41) is 14.0. The van der Waals surface area contributed by atoms with Crippen molar-refractivity contribution in [3.8, 4) is 6.07 Å². The fourth-order valence-electron chi connectivity index (χ4n) is 2.83. The van der Waals surface area contributed by atoms with Gasteiger partial charge in [0.05, 0.1) is 11.6 Å². The molecule has 1 unspecified atom stereocenters. The molecule has 4 amide bonds. The molecule has 0 aliphatic carbocycles. The smallest absolute Gasteiger partial charge is 0.324 e. The zero-order valence-electron chi connectivity index (χ0n) is 14.3. The maximum atomic E-state index is 13.1. The Morgan fingerprint density at radius 2 is 1.96 bits per heavy atom. The zero-order valence-corrected chi connectivity index (χ0v) is 14.3. The number of carbonyl (C=O) groups excluding carboxylic acids is 3. The van der Waals surface area contributed by atoms with E-state index in [1.54, 1.807) is 18.2 Å². The van der Waals surface area contributed by atoms with Crippen LogP contribution in [0.5, 0.6) is 0 Å². The molecule has 2 aromatic carbocycles. The Balaban J connectivity index is 1.74. The van der Waals surface area contributed by atoms with Crippen LogP contribution in [0.1, 0.15) is 18.1 Å². The molecule has 2 N–H and O–H groups in total. The molecule has 0 saturated carbocycles. The van der Waals surface area contributed by atoms with Crippen LogP contribution in [0.2, 0.25) is 0 Å². The first-order chi connectivity index (χ1) is 12.8. The maximum absolute atomic E-state index is 13.1. The summed E-state index contributed by atoms with van der Waals surface area (Å²) in [5.41, 5.74) is -0.225. The molecule has 8 heteroatoms. The predicted octanol–water partition coefficient (Wildman–Crippen LogP) is 2.10. The summed E-state index contributed by atoms with van der Waals surface area (Å²) in [5.74, 6) is -1.66.